The maximum atomic E-state index is 11.1. The van der Waals surface area contributed by atoms with Gasteiger partial charge in [0.05, 0.1) is 0 Å². The van der Waals surface area contributed by atoms with Crippen molar-refractivity contribution in [3.63, 3.8) is 0 Å². The van der Waals surface area contributed by atoms with Gasteiger partial charge in [-0.15, -0.1) is 0 Å². The van der Waals surface area contributed by atoms with Gasteiger partial charge in [0, 0.05) is 0 Å². The van der Waals surface area contributed by atoms with Crippen molar-refractivity contribution in [2.24, 2.45) is 5.73 Å². The molecular formula is C9H11NO9S2. The summed E-state index contributed by atoms with van der Waals surface area (Å²) in [5, 5.41) is 18.1. The summed E-state index contributed by atoms with van der Waals surface area (Å²) in [5.41, 5.74) is 4.99. The van der Waals surface area contributed by atoms with E-state index in [0.717, 1.165) is 0 Å². The number of aromatic hydroxyl groups is 1. The fourth-order valence-electron chi connectivity index (χ4n) is 1.49. The molecule has 0 unspecified atom stereocenters. The number of phenols is 1. The Hall–Kier alpha value is -1.73. The maximum Gasteiger partial charge on any atom is 0.320 e. The smallest absolute Gasteiger partial charge is 0.320 e. The zero-order valence-corrected chi connectivity index (χ0v) is 11.8. The van der Waals surface area contributed by atoms with E-state index in [1.54, 1.807) is 0 Å². The first-order valence-electron chi connectivity index (χ1n) is 5.13. The third-order valence-electron chi connectivity index (χ3n) is 2.43. The highest BCUT2D eigenvalue weighted by molar-refractivity contribution is 7.86. The van der Waals surface area contributed by atoms with Crippen LogP contribution in [0.3, 0.4) is 0 Å². The summed E-state index contributed by atoms with van der Waals surface area (Å²) < 4.78 is 62.1. The van der Waals surface area contributed by atoms with E-state index in [9.17, 15) is 26.7 Å². The van der Waals surface area contributed by atoms with Crippen LogP contribution in [0.4, 0.5) is 0 Å². The van der Waals surface area contributed by atoms with Gasteiger partial charge in [-0.05, 0) is 24.1 Å². The van der Waals surface area contributed by atoms with Crippen molar-refractivity contribution >= 4 is 26.2 Å². The van der Waals surface area contributed by atoms with Gasteiger partial charge in [0.15, 0.2) is 5.75 Å². The van der Waals surface area contributed by atoms with Crippen LogP contribution in [0.5, 0.6) is 5.75 Å². The van der Waals surface area contributed by atoms with Crippen LogP contribution in [0.1, 0.15) is 5.56 Å². The van der Waals surface area contributed by atoms with Crippen molar-refractivity contribution in [2.45, 2.75) is 22.3 Å². The highest BCUT2D eigenvalue weighted by Gasteiger charge is 2.26. The molecule has 1 rings (SSSR count). The van der Waals surface area contributed by atoms with Gasteiger partial charge >= 0.3 is 5.97 Å². The van der Waals surface area contributed by atoms with Gasteiger partial charge in [-0.25, -0.2) is 0 Å². The number of nitrogens with two attached hydrogens (primary N) is 1. The molecule has 0 aromatic heterocycles. The number of carboxylic acids is 1. The molecule has 1 atom stereocenters. The van der Waals surface area contributed by atoms with Gasteiger partial charge in [0.25, 0.3) is 20.2 Å². The van der Waals surface area contributed by atoms with Gasteiger partial charge in [-0.2, -0.15) is 16.8 Å². The van der Waals surface area contributed by atoms with Gasteiger partial charge in [-0.3, -0.25) is 13.9 Å². The number of rotatable bonds is 5. The minimum atomic E-state index is -5.01. The molecule has 0 amide bonds. The third-order valence-corrected chi connectivity index (χ3v) is 4.16. The van der Waals surface area contributed by atoms with E-state index in [0.29, 0.717) is 12.1 Å². The average molecular weight is 341 g/mol. The summed E-state index contributed by atoms with van der Waals surface area (Å²) in [6.45, 7) is 0. The van der Waals surface area contributed by atoms with E-state index < -0.39 is 54.2 Å². The van der Waals surface area contributed by atoms with Gasteiger partial charge in [-0.1, -0.05) is 0 Å². The van der Waals surface area contributed by atoms with Crippen LogP contribution in [0.2, 0.25) is 0 Å². The van der Waals surface area contributed by atoms with Crippen LogP contribution < -0.4 is 5.73 Å². The summed E-state index contributed by atoms with van der Waals surface area (Å²) in [4.78, 5) is 8.25. The van der Waals surface area contributed by atoms with E-state index >= 15 is 0 Å². The van der Waals surface area contributed by atoms with Crippen molar-refractivity contribution in [1.82, 2.24) is 0 Å². The lowest BCUT2D eigenvalue weighted by molar-refractivity contribution is -0.138. The number of benzene rings is 1. The average Bonchev–Trinajstić information content (AvgIpc) is 2.27. The molecule has 0 bridgehead atoms. The molecule has 0 saturated heterocycles. The fourth-order valence-corrected chi connectivity index (χ4v) is 2.86. The summed E-state index contributed by atoms with van der Waals surface area (Å²) in [6.07, 6.45) is -0.499. The Morgan fingerprint density at radius 2 is 1.48 bits per heavy atom. The van der Waals surface area contributed by atoms with E-state index in [2.05, 4.69) is 0 Å². The molecule has 0 aliphatic rings. The van der Waals surface area contributed by atoms with E-state index in [1.807, 2.05) is 0 Å². The normalized spacial score (nSPS) is 13.9. The molecular weight excluding hydrogens is 330 g/mol. The summed E-state index contributed by atoms with van der Waals surface area (Å²) >= 11 is 0. The monoisotopic (exact) mass is 341 g/mol. The Balaban J connectivity index is 3.59. The molecule has 0 fully saturated rings. The molecule has 0 aliphatic carbocycles. The van der Waals surface area contributed by atoms with Crippen LogP contribution in [0, 0.1) is 0 Å². The Morgan fingerprint density at radius 3 is 1.76 bits per heavy atom. The van der Waals surface area contributed by atoms with Gasteiger partial charge in [0.2, 0.25) is 0 Å². The lowest BCUT2D eigenvalue weighted by atomic mass is 10.1. The first kappa shape index (κ1) is 17.3. The van der Waals surface area contributed by atoms with Crippen LogP contribution >= 0.6 is 0 Å². The second kappa shape index (κ2) is 5.57. The second-order valence-electron chi connectivity index (χ2n) is 4.04. The van der Waals surface area contributed by atoms with Crippen molar-refractivity contribution in [1.29, 1.82) is 0 Å². The van der Waals surface area contributed by atoms with Crippen LogP contribution in [0.15, 0.2) is 21.9 Å². The Labute approximate surface area is 119 Å². The Morgan fingerprint density at radius 1 is 1.10 bits per heavy atom. The minimum absolute atomic E-state index is 0.233. The van der Waals surface area contributed by atoms with Crippen molar-refractivity contribution in [2.75, 3.05) is 0 Å². The molecule has 12 heteroatoms. The predicted octanol–water partition coefficient (Wildman–Crippen LogP) is -1.16. The lowest BCUT2D eigenvalue weighted by Gasteiger charge is -2.11. The molecule has 21 heavy (non-hydrogen) atoms. The molecule has 0 spiro atoms. The molecule has 0 radical (unpaired) electrons. The molecule has 1 aromatic rings. The zero-order valence-electron chi connectivity index (χ0n) is 10.2. The largest absolute Gasteiger partial charge is 0.505 e. The fraction of sp³-hybridized carbons (Fsp3) is 0.222. The molecule has 0 aliphatic heterocycles. The first-order chi connectivity index (χ1) is 9.34. The number of carbonyl (C=O) groups is 1. The van der Waals surface area contributed by atoms with Crippen LogP contribution in [-0.4, -0.2) is 48.2 Å². The number of hydrogen-bond donors (Lipinski definition) is 5. The molecule has 118 valence electrons. The van der Waals surface area contributed by atoms with E-state index in [1.165, 1.54) is 0 Å². The Bertz CT molecular complexity index is 728. The number of phenolic OH excluding ortho intramolecular Hbond substituents is 1. The van der Waals surface area contributed by atoms with Crippen LogP contribution in [-0.2, 0) is 31.5 Å². The number of carboxylic acid groups (broad SMARTS) is 1. The number of aliphatic carboxylic acids is 1. The Kier molecular flexibility index (Phi) is 4.60. The quantitative estimate of drug-likeness (QED) is 0.408. The molecule has 6 N–H and O–H groups in total. The highest BCUT2D eigenvalue weighted by Crippen LogP contribution is 2.32. The molecule has 1 aromatic carbocycles. The van der Waals surface area contributed by atoms with Crippen molar-refractivity contribution in [3.8, 4) is 5.75 Å². The molecule has 10 nitrogen and oxygen atoms in total. The van der Waals surface area contributed by atoms with E-state index in [4.69, 9.17) is 19.9 Å². The zero-order chi connectivity index (χ0) is 16.6. The topological polar surface area (TPSA) is 192 Å². The standard InChI is InChI=1S/C9H11NO9S2/c10-5(9(12)13)1-4-2-6(20(14,15)16)8(11)7(3-4)21(17,18)19/h2-3,5,11H,1,10H2,(H,12,13)(H,14,15,16)(H,17,18,19)/t5-/m0/s1. The molecule has 0 heterocycles. The summed E-state index contributed by atoms with van der Waals surface area (Å²) in [6, 6.07) is -0.178. The lowest BCUT2D eigenvalue weighted by Crippen LogP contribution is -2.32. The SMILES string of the molecule is N[C@@H](Cc1cc(S(=O)(=O)O)c(O)c(S(=O)(=O)O)c1)C(=O)O. The van der Waals surface area contributed by atoms with Crippen molar-refractivity contribution < 1.29 is 40.9 Å². The third kappa shape index (κ3) is 4.12. The van der Waals surface area contributed by atoms with Gasteiger partial charge < -0.3 is 15.9 Å². The van der Waals surface area contributed by atoms with Crippen molar-refractivity contribution in [3.05, 3.63) is 17.7 Å². The predicted molar refractivity (Wildman–Crippen MR) is 67.1 cm³/mol. The van der Waals surface area contributed by atoms with E-state index in [-0.39, 0.29) is 5.56 Å². The summed E-state index contributed by atoms with van der Waals surface area (Å²) in [5.74, 6) is -2.82. The first-order valence-corrected chi connectivity index (χ1v) is 8.01. The maximum absolute atomic E-state index is 11.1. The highest BCUT2D eigenvalue weighted by atomic mass is 32.2. The number of hydrogen-bond acceptors (Lipinski definition) is 7. The minimum Gasteiger partial charge on any atom is -0.505 e. The van der Waals surface area contributed by atoms with Crippen LogP contribution in [0.25, 0.3) is 0 Å². The summed E-state index contributed by atoms with van der Waals surface area (Å²) in [7, 11) is -10.0. The second-order valence-corrected chi connectivity index (χ2v) is 6.82. The molecule has 0 saturated carbocycles. The van der Waals surface area contributed by atoms with Gasteiger partial charge in [0.1, 0.15) is 15.8 Å².